The summed E-state index contributed by atoms with van der Waals surface area (Å²) in [6, 6.07) is 6.50. The van der Waals surface area contributed by atoms with Crippen molar-refractivity contribution >= 4 is 11.6 Å². The standard InChI is InChI=1S/C13H14FN3O2/c1-19-9-13(18)16-11-6-15-17(8-11)7-10-4-2-3-5-12(10)14/h2-6,8H,7,9H2,1H3,(H,16,18). The van der Waals surface area contributed by atoms with Crippen LogP contribution in [0.2, 0.25) is 0 Å². The summed E-state index contributed by atoms with van der Waals surface area (Å²) in [4.78, 5) is 11.3. The lowest BCUT2D eigenvalue weighted by molar-refractivity contribution is -0.119. The summed E-state index contributed by atoms with van der Waals surface area (Å²) >= 11 is 0. The highest BCUT2D eigenvalue weighted by Gasteiger charge is 2.06. The number of rotatable bonds is 5. The van der Waals surface area contributed by atoms with Crippen molar-refractivity contribution in [3.8, 4) is 0 Å². The van der Waals surface area contributed by atoms with Gasteiger partial charge in [-0.1, -0.05) is 18.2 Å². The molecule has 1 heterocycles. The maximum Gasteiger partial charge on any atom is 0.250 e. The molecular weight excluding hydrogens is 249 g/mol. The number of benzene rings is 1. The minimum atomic E-state index is -0.275. The van der Waals surface area contributed by atoms with Crippen molar-refractivity contribution < 1.29 is 13.9 Å². The van der Waals surface area contributed by atoms with Crippen molar-refractivity contribution in [2.24, 2.45) is 0 Å². The van der Waals surface area contributed by atoms with Crippen LogP contribution in [0.4, 0.5) is 10.1 Å². The molecule has 1 aromatic carbocycles. The molecule has 6 heteroatoms. The first kappa shape index (κ1) is 13.2. The number of halogens is 1. The van der Waals surface area contributed by atoms with Crippen molar-refractivity contribution in [2.75, 3.05) is 19.0 Å². The minimum absolute atomic E-state index is 0.0154. The van der Waals surface area contributed by atoms with Gasteiger partial charge in [0.2, 0.25) is 5.91 Å². The fraction of sp³-hybridized carbons (Fsp3) is 0.231. The van der Waals surface area contributed by atoms with E-state index in [0.717, 1.165) is 0 Å². The van der Waals surface area contributed by atoms with Gasteiger partial charge in [0.25, 0.3) is 0 Å². The zero-order valence-electron chi connectivity index (χ0n) is 10.5. The SMILES string of the molecule is COCC(=O)Nc1cnn(Cc2ccccc2F)c1. The molecule has 0 aliphatic carbocycles. The molecule has 1 aromatic heterocycles. The first-order valence-electron chi connectivity index (χ1n) is 5.73. The quantitative estimate of drug-likeness (QED) is 0.892. The Morgan fingerprint density at radius 2 is 2.26 bits per heavy atom. The smallest absolute Gasteiger partial charge is 0.250 e. The van der Waals surface area contributed by atoms with Gasteiger partial charge < -0.3 is 10.1 Å². The second-order valence-corrected chi connectivity index (χ2v) is 4.00. The topological polar surface area (TPSA) is 56.1 Å². The van der Waals surface area contributed by atoms with E-state index in [9.17, 15) is 9.18 Å². The van der Waals surface area contributed by atoms with Crippen molar-refractivity contribution in [3.05, 3.63) is 48.0 Å². The van der Waals surface area contributed by atoms with E-state index in [2.05, 4.69) is 10.4 Å². The van der Waals surface area contributed by atoms with Gasteiger partial charge in [0.1, 0.15) is 12.4 Å². The number of methoxy groups -OCH3 is 1. The molecule has 0 saturated carbocycles. The van der Waals surface area contributed by atoms with Crippen LogP contribution in [-0.2, 0) is 16.1 Å². The number of hydrogen-bond donors (Lipinski definition) is 1. The Hall–Kier alpha value is -2.21. The van der Waals surface area contributed by atoms with E-state index >= 15 is 0 Å². The number of anilines is 1. The summed E-state index contributed by atoms with van der Waals surface area (Å²) in [5.41, 5.74) is 1.10. The summed E-state index contributed by atoms with van der Waals surface area (Å²) < 4.78 is 19.7. The average Bonchev–Trinajstić information content (AvgIpc) is 2.80. The fourth-order valence-corrected chi connectivity index (χ4v) is 1.64. The molecule has 0 aliphatic rings. The Bertz CT molecular complexity index is 569. The lowest BCUT2D eigenvalue weighted by Crippen LogP contribution is -2.16. The third-order valence-electron chi connectivity index (χ3n) is 2.48. The van der Waals surface area contributed by atoms with Crippen molar-refractivity contribution in [1.82, 2.24) is 9.78 Å². The molecule has 1 amide bonds. The summed E-state index contributed by atoms with van der Waals surface area (Å²) in [6.07, 6.45) is 3.15. The minimum Gasteiger partial charge on any atom is -0.375 e. The molecule has 0 bridgehead atoms. The van der Waals surface area contributed by atoms with E-state index in [4.69, 9.17) is 4.74 Å². The normalized spacial score (nSPS) is 10.4. The number of aromatic nitrogens is 2. The van der Waals surface area contributed by atoms with Crippen LogP contribution in [0.15, 0.2) is 36.7 Å². The highest BCUT2D eigenvalue weighted by Crippen LogP contribution is 2.10. The van der Waals surface area contributed by atoms with Crippen molar-refractivity contribution in [1.29, 1.82) is 0 Å². The summed E-state index contributed by atoms with van der Waals surface area (Å²) in [5.74, 6) is -0.532. The van der Waals surface area contributed by atoms with Crippen molar-refractivity contribution in [3.63, 3.8) is 0 Å². The maximum atomic E-state index is 13.5. The van der Waals surface area contributed by atoms with Crippen LogP contribution in [0.5, 0.6) is 0 Å². The molecule has 2 rings (SSSR count). The molecular formula is C13H14FN3O2. The lowest BCUT2D eigenvalue weighted by atomic mass is 10.2. The van der Waals surface area contributed by atoms with Gasteiger partial charge >= 0.3 is 0 Å². The van der Waals surface area contributed by atoms with Crippen LogP contribution in [0, 0.1) is 5.82 Å². The second kappa shape index (κ2) is 6.10. The Morgan fingerprint density at radius 3 is 3.00 bits per heavy atom. The van der Waals surface area contributed by atoms with Crippen LogP contribution < -0.4 is 5.32 Å². The number of ether oxygens (including phenoxy) is 1. The Morgan fingerprint density at radius 1 is 1.47 bits per heavy atom. The first-order valence-corrected chi connectivity index (χ1v) is 5.73. The first-order chi connectivity index (χ1) is 9.19. The van der Waals surface area contributed by atoms with Gasteiger partial charge in [-0.05, 0) is 6.07 Å². The van der Waals surface area contributed by atoms with Gasteiger partial charge in [-0.25, -0.2) is 4.39 Å². The highest BCUT2D eigenvalue weighted by molar-refractivity contribution is 5.91. The largest absolute Gasteiger partial charge is 0.375 e. The molecule has 0 unspecified atom stereocenters. The monoisotopic (exact) mass is 263 g/mol. The Balaban J connectivity index is 2.02. The second-order valence-electron chi connectivity index (χ2n) is 4.00. The Kier molecular flexibility index (Phi) is 4.25. The third kappa shape index (κ3) is 3.62. The van der Waals surface area contributed by atoms with E-state index in [1.165, 1.54) is 19.4 Å². The van der Waals surface area contributed by atoms with Gasteiger partial charge in [0.05, 0.1) is 18.4 Å². The molecule has 0 fully saturated rings. The molecule has 0 saturated heterocycles. The molecule has 5 nitrogen and oxygen atoms in total. The lowest BCUT2D eigenvalue weighted by Gasteiger charge is -2.03. The molecule has 0 spiro atoms. The summed E-state index contributed by atoms with van der Waals surface area (Å²) in [7, 11) is 1.45. The molecule has 19 heavy (non-hydrogen) atoms. The maximum absolute atomic E-state index is 13.5. The summed E-state index contributed by atoms with van der Waals surface area (Å²) in [6.45, 7) is 0.297. The van der Waals surface area contributed by atoms with Crippen LogP contribution in [0.3, 0.4) is 0 Å². The zero-order chi connectivity index (χ0) is 13.7. The van der Waals surface area contributed by atoms with Gasteiger partial charge in [-0.3, -0.25) is 9.48 Å². The number of carbonyl (C=O) groups is 1. The number of carbonyl (C=O) groups excluding carboxylic acids is 1. The van der Waals surface area contributed by atoms with E-state index in [1.54, 1.807) is 29.1 Å². The molecule has 0 atom stereocenters. The Labute approximate surface area is 110 Å². The molecule has 1 N–H and O–H groups in total. The van der Waals surface area contributed by atoms with E-state index in [0.29, 0.717) is 17.8 Å². The number of hydrogen-bond acceptors (Lipinski definition) is 3. The average molecular weight is 263 g/mol. The molecule has 0 radical (unpaired) electrons. The molecule has 2 aromatic rings. The van der Waals surface area contributed by atoms with Crippen molar-refractivity contribution in [2.45, 2.75) is 6.54 Å². The molecule has 0 aliphatic heterocycles. The predicted octanol–water partition coefficient (Wildman–Crippen LogP) is 1.66. The predicted molar refractivity (Wildman–Crippen MR) is 68.2 cm³/mol. The number of nitrogens with zero attached hydrogens (tertiary/aromatic N) is 2. The fourth-order valence-electron chi connectivity index (χ4n) is 1.64. The van der Waals surface area contributed by atoms with E-state index in [-0.39, 0.29) is 18.3 Å². The number of amides is 1. The van der Waals surface area contributed by atoms with Gasteiger partial charge in [-0.2, -0.15) is 5.10 Å². The van der Waals surface area contributed by atoms with Gasteiger partial charge in [0.15, 0.2) is 0 Å². The highest BCUT2D eigenvalue weighted by atomic mass is 19.1. The zero-order valence-corrected chi connectivity index (χ0v) is 10.5. The summed E-state index contributed by atoms with van der Waals surface area (Å²) in [5, 5.41) is 6.68. The van der Waals surface area contributed by atoms with E-state index in [1.807, 2.05) is 0 Å². The van der Waals surface area contributed by atoms with Gasteiger partial charge in [-0.15, -0.1) is 0 Å². The van der Waals surface area contributed by atoms with Crippen LogP contribution in [0.25, 0.3) is 0 Å². The molecule has 100 valence electrons. The van der Waals surface area contributed by atoms with E-state index < -0.39 is 0 Å². The third-order valence-corrected chi connectivity index (χ3v) is 2.48. The van der Waals surface area contributed by atoms with Crippen LogP contribution in [0.1, 0.15) is 5.56 Å². The number of nitrogens with one attached hydrogen (secondary N) is 1. The van der Waals surface area contributed by atoms with Crippen LogP contribution >= 0.6 is 0 Å². The van der Waals surface area contributed by atoms with Gasteiger partial charge in [0, 0.05) is 18.9 Å². The van der Waals surface area contributed by atoms with Crippen LogP contribution in [-0.4, -0.2) is 29.4 Å².